The van der Waals surface area contributed by atoms with Gasteiger partial charge >= 0.3 is 8.18 Å². The zero-order valence-electron chi connectivity index (χ0n) is 34.1. The summed E-state index contributed by atoms with van der Waals surface area (Å²) in [5, 5.41) is 2.91. The molecular formula is C48H52N4O6P+. The Morgan fingerprint density at radius 1 is 0.712 bits per heavy atom. The number of hydrogen-bond donors (Lipinski definition) is 1. The van der Waals surface area contributed by atoms with E-state index in [4.69, 9.17) is 14.0 Å². The van der Waals surface area contributed by atoms with Crippen LogP contribution in [0.2, 0.25) is 0 Å². The van der Waals surface area contributed by atoms with Crippen molar-refractivity contribution in [1.29, 1.82) is 0 Å². The van der Waals surface area contributed by atoms with Gasteiger partial charge in [-0.15, -0.1) is 0 Å². The van der Waals surface area contributed by atoms with E-state index in [1.54, 1.807) is 16.6 Å². The van der Waals surface area contributed by atoms with Gasteiger partial charge in [0.25, 0.3) is 0 Å². The number of carbonyl (C=O) groups is 2. The Labute approximate surface area is 349 Å². The van der Waals surface area contributed by atoms with Crippen LogP contribution in [-0.4, -0.2) is 61.4 Å². The van der Waals surface area contributed by atoms with Crippen LogP contribution in [0, 0.1) is 11.8 Å². The molecule has 1 aliphatic heterocycles. The Hall–Kier alpha value is -5.98. The normalized spacial score (nSPS) is 12.0. The van der Waals surface area contributed by atoms with E-state index in [2.05, 4.69) is 35.9 Å². The standard InChI is InChI=1S/C48H51N4O6P/c1-4-51(5-2)33-31-38-16-27-45(28-17-38)58-59(55)50(3)34-39-18-25-44(26-19-39)57-36-56-43-23-14-37(15-24-43)20-29-47(53)49-32-30-48(54)52-35-42-12-7-6-10-40(42)21-22-41-11-8-9-13-46(41)52/h6-19,23-28H,4-5,20,29-36H2,1-3H3/p+1. The lowest BCUT2D eigenvalue weighted by molar-refractivity contribution is -0.121. The third-order valence-corrected chi connectivity index (χ3v) is 11.2. The van der Waals surface area contributed by atoms with Gasteiger partial charge in [-0.2, -0.15) is 0 Å². The second kappa shape index (κ2) is 21.7. The molecule has 1 atom stereocenters. The van der Waals surface area contributed by atoms with Crippen molar-refractivity contribution >= 4 is 25.7 Å². The highest BCUT2D eigenvalue weighted by Crippen LogP contribution is 2.32. The minimum Gasteiger partial charge on any atom is -0.458 e. The SMILES string of the molecule is CCN(CC)CCc1ccc(O[P+](=O)N(C)Cc2ccc(OCOc3ccc(CCC(=O)NCCC(=O)N4Cc5ccccc5C#Cc5ccccc54)cc3)cc2)cc1. The molecule has 1 unspecified atom stereocenters. The summed E-state index contributed by atoms with van der Waals surface area (Å²) in [6.07, 6.45) is 2.00. The van der Waals surface area contributed by atoms with Crippen LogP contribution in [-0.2, 0) is 40.1 Å². The maximum absolute atomic E-state index is 13.4. The van der Waals surface area contributed by atoms with Gasteiger partial charge in [-0.05, 0) is 103 Å². The zero-order valence-corrected chi connectivity index (χ0v) is 35.0. The average molecular weight is 812 g/mol. The predicted molar refractivity (Wildman–Crippen MR) is 233 cm³/mol. The first-order chi connectivity index (χ1) is 28.8. The molecule has 11 heteroatoms. The van der Waals surface area contributed by atoms with Crippen molar-refractivity contribution in [2.45, 2.75) is 52.6 Å². The molecule has 0 saturated carbocycles. The minimum atomic E-state index is -2.06. The number of fused-ring (bicyclic) bond motifs is 2. The summed E-state index contributed by atoms with van der Waals surface area (Å²) < 4.78 is 31.9. The fourth-order valence-corrected chi connectivity index (χ4v) is 7.35. The monoisotopic (exact) mass is 811 g/mol. The molecule has 0 radical (unpaired) electrons. The molecule has 0 fully saturated rings. The molecule has 0 aromatic heterocycles. The van der Waals surface area contributed by atoms with E-state index < -0.39 is 8.18 Å². The molecule has 6 rings (SSSR count). The molecule has 5 aromatic rings. The summed E-state index contributed by atoms with van der Waals surface area (Å²) in [5.74, 6) is 8.14. The maximum atomic E-state index is 13.4. The van der Waals surface area contributed by atoms with Gasteiger partial charge in [-0.25, -0.2) is 4.52 Å². The highest BCUT2D eigenvalue weighted by atomic mass is 31.1. The molecule has 0 bridgehead atoms. The quantitative estimate of drug-likeness (QED) is 0.0475. The number of anilines is 1. The molecule has 0 saturated heterocycles. The topological polar surface area (TPSA) is 101 Å². The second-order valence-corrected chi connectivity index (χ2v) is 15.6. The highest BCUT2D eigenvalue weighted by Gasteiger charge is 2.28. The van der Waals surface area contributed by atoms with E-state index in [1.807, 2.05) is 121 Å². The van der Waals surface area contributed by atoms with Crippen molar-refractivity contribution in [3.8, 4) is 29.1 Å². The molecule has 2 amide bonds. The summed E-state index contributed by atoms with van der Waals surface area (Å²) >= 11 is 0. The number of nitrogens with one attached hydrogen (secondary N) is 1. The third kappa shape index (κ3) is 12.8. The van der Waals surface area contributed by atoms with Crippen LogP contribution in [0.5, 0.6) is 17.2 Å². The smallest absolute Gasteiger partial charge is 0.458 e. The lowest BCUT2D eigenvalue weighted by atomic mass is 10.0. The van der Waals surface area contributed by atoms with Crippen LogP contribution in [0.25, 0.3) is 0 Å². The van der Waals surface area contributed by atoms with Gasteiger partial charge in [-0.1, -0.05) is 97.1 Å². The van der Waals surface area contributed by atoms with Crippen LogP contribution in [0.15, 0.2) is 121 Å². The van der Waals surface area contributed by atoms with E-state index in [0.29, 0.717) is 43.2 Å². The second-order valence-electron chi connectivity index (χ2n) is 14.3. The van der Waals surface area contributed by atoms with Gasteiger partial charge < -0.3 is 24.6 Å². The largest absolute Gasteiger partial charge is 0.666 e. The van der Waals surface area contributed by atoms with Crippen molar-refractivity contribution in [2.75, 3.05) is 44.9 Å². The summed E-state index contributed by atoms with van der Waals surface area (Å²) in [4.78, 5) is 30.3. The number of rotatable bonds is 20. The van der Waals surface area contributed by atoms with Crippen molar-refractivity contribution < 1.29 is 28.2 Å². The Morgan fingerprint density at radius 2 is 1.29 bits per heavy atom. The van der Waals surface area contributed by atoms with Crippen molar-refractivity contribution in [3.63, 3.8) is 0 Å². The number of nitrogens with zero attached hydrogens (tertiary/aromatic N) is 3. The number of hydrogen-bond acceptors (Lipinski definition) is 7. The Balaban J connectivity index is 0.867. The van der Waals surface area contributed by atoms with Crippen LogP contribution in [0.1, 0.15) is 60.1 Å². The van der Waals surface area contributed by atoms with E-state index in [1.165, 1.54) is 5.56 Å². The van der Waals surface area contributed by atoms with Crippen molar-refractivity contribution in [3.05, 3.63) is 155 Å². The van der Waals surface area contributed by atoms with E-state index in [-0.39, 0.29) is 31.6 Å². The third-order valence-electron chi connectivity index (χ3n) is 10.2. The number of benzene rings is 5. The molecule has 1 heterocycles. The van der Waals surface area contributed by atoms with Crippen molar-refractivity contribution in [2.24, 2.45) is 0 Å². The number of ether oxygens (including phenoxy) is 2. The first-order valence-electron chi connectivity index (χ1n) is 20.1. The van der Waals surface area contributed by atoms with Crippen LogP contribution >= 0.6 is 8.18 Å². The average Bonchev–Trinajstić information content (AvgIpc) is 3.25. The molecule has 1 N–H and O–H groups in total. The summed E-state index contributed by atoms with van der Waals surface area (Å²) in [6.45, 7) is 8.57. The maximum Gasteiger partial charge on any atom is 0.666 e. The lowest BCUT2D eigenvalue weighted by Gasteiger charge is -2.26. The first-order valence-corrected chi connectivity index (χ1v) is 21.3. The molecule has 304 valence electrons. The van der Waals surface area contributed by atoms with E-state index in [9.17, 15) is 14.2 Å². The van der Waals surface area contributed by atoms with Gasteiger partial charge in [0.2, 0.25) is 18.6 Å². The van der Waals surface area contributed by atoms with Gasteiger partial charge in [0.05, 0.1) is 18.8 Å². The molecule has 0 spiro atoms. The Kier molecular flexibility index (Phi) is 15.7. The lowest BCUT2D eigenvalue weighted by Crippen LogP contribution is -2.35. The zero-order chi connectivity index (χ0) is 41.4. The molecule has 10 nitrogen and oxygen atoms in total. The molecule has 5 aromatic carbocycles. The van der Waals surface area contributed by atoms with Gasteiger partial charge in [0.15, 0.2) is 5.75 Å². The summed E-state index contributed by atoms with van der Waals surface area (Å²) in [7, 11) is -0.287. The number of aryl methyl sites for hydroxylation is 1. The van der Waals surface area contributed by atoms with Crippen LogP contribution < -0.4 is 24.2 Å². The van der Waals surface area contributed by atoms with E-state index >= 15 is 0 Å². The molecule has 1 aliphatic rings. The fourth-order valence-electron chi connectivity index (χ4n) is 6.63. The highest BCUT2D eigenvalue weighted by molar-refractivity contribution is 7.36. The number of likely N-dealkylation sites (N-methyl/N-ethyl adjacent to an activating group) is 1. The minimum absolute atomic E-state index is 0.0244. The molecule has 0 aliphatic carbocycles. The molecule has 59 heavy (non-hydrogen) atoms. The van der Waals surface area contributed by atoms with Crippen LogP contribution in [0.3, 0.4) is 0 Å². The fraction of sp³-hybridized carbons (Fsp3) is 0.292. The van der Waals surface area contributed by atoms with E-state index in [0.717, 1.165) is 59.6 Å². The van der Waals surface area contributed by atoms with Gasteiger partial charge in [-0.3, -0.25) is 9.59 Å². The summed E-state index contributed by atoms with van der Waals surface area (Å²) in [5.41, 5.74) is 6.67. The number of amides is 2. The molecular weight excluding hydrogens is 760 g/mol. The van der Waals surface area contributed by atoms with Crippen LogP contribution in [0.4, 0.5) is 5.69 Å². The first kappa shape index (κ1) is 42.6. The van der Waals surface area contributed by atoms with Gasteiger partial charge in [0.1, 0.15) is 11.5 Å². The Bertz CT molecular complexity index is 2230. The number of carbonyl (C=O) groups excluding carboxylic acids is 2. The predicted octanol–water partition coefficient (Wildman–Crippen LogP) is 8.54. The number of para-hydroxylation sites is 1. The van der Waals surface area contributed by atoms with Crippen molar-refractivity contribution in [1.82, 2.24) is 14.9 Å². The Morgan fingerprint density at radius 3 is 1.97 bits per heavy atom. The van der Waals surface area contributed by atoms with Gasteiger partial charge in [0, 0.05) is 48.7 Å². The summed E-state index contributed by atoms with van der Waals surface area (Å²) in [6, 6.07) is 38.5.